The van der Waals surface area contributed by atoms with Crippen molar-refractivity contribution in [2.75, 3.05) is 0 Å². The van der Waals surface area contributed by atoms with E-state index in [1.54, 1.807) is 0 Å². The molecule has 0 bridgehead atoms. The molecule has 0 saturated heterocycles. The maximum Gasteiger partial charge on any atom is 0.204 e. The molecule has 0 saturated carbocycles. The highest BCUT2D eigenvalue weighted by atomic mass is 35.5. The fourth-order valence-electron chi connectivity index (χ4n) is 0.565. The van der Waals surface area contributed by atoms with Crippen molar-refractivity contribution in [2.45, 2.75) is 13.8 Å². The number of carbonyl (C=O) groups excluding carboxylic acids is 1. The van der Waals surface area contributed by atoms with Crippen LogP contribution in [0.15, 0.2) is 18.3 Å². The van der Waals surface area contributed by atoms with E-state index in [4.69, 9.17) is 4.79 Å². The molecule has 68 valence electrons. The van der Waals surface area contributed by atoms with Gasteiger partial charge in [-0.3, -0.25) is 9.78 Å². The van der Waals surface area contributed by atoms with E-state index in [0.717, 1.165) is 5.69 Å². The van der Waals surface area contributed by atoms with Gasteiger partial charge in [-0.25, -0.2) is 0 Å². The van der Waals surface area contributed by atoms with Gasteiger partial charge in [0.2, 0.25) is 6.41 Å². The molecule has 1 rings (SSSR count). The Labute approximate surface area is 78.4 Å². The maximum atomic E-state index is 8.58. The first kappa shape index (κ1) is 13.5. The second kappa shape index (κ2) is 8.01. The van der Waals surface area contributed by atoms with Gasteiger partial charge in [-0.1, -0.05) is 6.07 Å². The molecule has 12 heavy (non-hydrogen) atoms. The minimum atomic E-state index is 0. The summed E-state index contributed by atoms with van der Waals surface area (Å²) in [6.07, 6.45) is 2.06. The largest absolute Gasteiger partial charge is 0.372 e. The highest BCUT2D eigenvalue weighted by Gasteiger charge is 1.85. The van der Waals surface area contributed by atoms with E-state index >= 15 is 0 Å². The molecular formula is C8H13ClN2O. The van der Waals surface area contributed by atoms with E-state index in [2.05, 4.69) is 23.7 Å². The van der Waals surface area contributed by atoms with Gasteiger partial charge in [0.25, 0.3) is 0 Å². The van der Waals surface area contributed by atoms with Crippen molar-refractivity contribution in [1.82, 2.24) is 4.98 Å². The molecule has 1 amide bonds. The van der Waals surface area contributed by atoms with E-state index in [0.29, 0.717) is 0 Å². The lowest BCUT2D eigenvalue weighted by atomic mass is 10.2. The highest BCUT2D eigenvalue weighted by molar-refractivity contribution is 5.85. The summed E-state index contributed by atoms with van der Waals surface area (Å²) >= 11 is 0. The van der Waals surface area contributed by atoms with Crippen LogP contribution in [-0.2, 0) is 4.79 Å². The molecule has 2 N–H and O–H groups in total. The Morgan fingerprint density at radius 1 is 1.50 bits per heavy atom. The van der Waals surface area contributed by atoms with Gasteiger partial charge in [0.05, 0.1) is 0 Å². The normalized spacial score (nSPS) is 7.17. The molecule has 1 aromatic heterocycles. The number of hydrogen-bond acceptors (Lipinski definition) is 2. The van der Waals surface area contributed by atoms with Crippen LogP contribution in [0.2, 0.25) is 0 Å². The van der Waals surface area contributed by atoms with Gasteiger partial charge in [-0.2, -0.15) is 0 Å². The van der Waals surface area contributed by atoms with Crippen molar-refractivity contribution in [3.63, 3.8) is 0 Å². The first-order valence-electron chi connectivity index (χ1n) is 3.26. The molecule has 1 aromatic rings. The van der Waals surface area contributed by atoms with Crippen molar-refractivity contribution in [3.8, 4) is 0 Å². The van der Waals surface area contributed by atoms with Gasteiger partial charge in [-0.15, -0.1) is 12.4 Å². The zero-order valence-corrected chi connectivity index (χ0v) is 7.97. The third-order valence-electron chi connectivity index (χ3n) is 1.27. The van der Waals surface area contributed by atoms with Crippen LogP contribution in [0.5, 0.6) is 0 Å². The number of primary amides is 1. The second-order valence-electron chi connectivity index (χ2n) is 2.04. The van der Waals surface area contributed by atoms with Crippen LogP contribution < -0.4 is 5.73 Å². The number of pyridine rings is 1. The zero-order chi connectivity index (χ0) is 8.69. The summed E-state index contributed by atoms with van der Waals surface area (Å²) in [5.74, 6) is 0. The second-order valence-corrected chi connectivity index (χ2v) is 2.04. The van der Waals surface area contributed by atoms with Crippen molar-refractivity contribution in [2.24, 2.45) is 5.73 Å². The van der Waals surface area contributed by atoms with E-state index < -0.39 is 0 Å². The number of rotatable bonds is 0. The molecule has 0 atom stereocenters. The van der Waals surface area contributed by atoms with E-state index in [-0.39, 0.29) is 18.8 Å². The lowest BCUT2D eigenvalue weighted by Gasteiger charge is -1.92. The number of amides is 1. The smallest absolute Gasteiger partial charge is 0.204 e. The Kier molecular flexibility index (Phi) is 9.01. The number of aryl methyl sites for hydroxylation is 2. The lowest BCUT2D eigenvalue weighted by molar-refractivity contribution is -0.106. The summed E-state index contributed by atoms with van der Waals surface area (Å²) in [5.41, 5.74) is 6.54. The van der Waals surface area contributed by atoms with Crippen LogP contribution >= 0.6 is 12.4 Å². The standard InChI is InChI=1S/C7H9N.CH3NO.ClH/c1-6-4-3-5-8-7(6)2;2-1-3;/h3-5H,1-2H3;1H,(H2,2,3);1H. The molecule has 0 radical (unpaired) electrons. The molecule has 0 unspecified atom stereocenters. The van der Waals surface area contributed by atoms with E-state index in [9.17, 15) is 0 Å². The van der Waals surface area contributed by atoms with Crippen LogP contribution in [0, 0.1) is 13.8 Å². The van der Waals surface area contributed by atoms with Crippen LogP contribution in [0.4, 0.5) is 0 Å². The van der Waals surface area contributed by atoms with Crippen LogP contribution in [-0.4, -0.2) is 11.4 Å². The minimum Gasteiger partial charge on any atom is -0.372 e. The molecule has 3 nitrogen and oxygen atoms in total. The number of halogens is 1. The topological polar surface area (TPSA) is 56.0 Å². The third-order valence-corrected chi connectivity index (χ3v) is 1.27. The number of nitrogens with two attached hydrogens (primary N) is 1. The average Bonchev–Trinajstić information content (AvgIpc) is 1.97. The molecule has 0 aromatic carbocycles. The Bertz CT molecular complexity index is 207. The van der Waals surface area contributed by atoms with Crippen molar-refractivity contribution < 1.29 is 4.79 Å². The van der Waals surface area contributed by atoms with Gasteiger partial charge < -0.3 is 5.73 Å². The van der Waals surface area contributed by atoms with Gasteiger partial charge >= 0.3 is 0 Å². The van der Waals surface area contributed by atoms with Crippen molar-refractivity contribution in [1.29, 1.82) is 0 Å². The molecule has 0 fully saturated rings. The molecule has 0 aliphatic carbocycles. The predicted octanol–water partition coefficient (Wildman–Crippen LogP) is 1.22. The quantitative estimate of drug-likeness (QED) is 0.623. The van der Waals surface area contributed by atoms with Crippen molar-refractivity contribution >= 4 is 18.8 Å². The van der Waals surface area contributed by atoms with E-state index in [1.807, 2.05) is 19.2 Å². The van der Waals surface area contributed by atoms with Crippen LogP contribution in [0.1, 0.15) is 11.3 Å². The summed E-state index contributed by atoms with van der Waals surface area (Å²) < 4.78 is 0. The number of hydrogen-bond donors (Lipinski definition) is 1. The fraction of sp³-hybridized carbons (Fsp3) is 0.250. The van der Waals surface area contributed by atoms with Crippen LogP contribution in [0.3, 0.4) is 0 Å². The Morgan fingerprint density at radius 2 is 2.00 bits per heavy atom. The number of nitrogens with zero attached hydrogens (tertiary/aromatic N) is 1. The highest BCUT2D eigenvalue weighted by Crippen LogP contribution is 1.98. The lowest BCUT2D eigenvalue weighted by Crippen LogP contribution is -1.82. The molecule has 4 heteroatoms. The maximum absolute atomic E-state index is 8.58. The molecule has 0 spiro atoms. The Morgan fingerprint density at radius 3 is 2.25 bits per heavy atom. The summed E-state index contributed by atoms with van der Waals surface area (Å²) in [4.78, 5) is 12.7. The predicted molar refractivity (Wildman–Crippen MR) is 51.2 cm³/mol. The molecule has 0 aliphatic heterocycles. The summed E-state index contributed by atoms with van der Waals surface area (Å²) in [5, 5.41) is 0. The van der Waals surface area contributed by atoms with Gasteiger partial charge in [0, 0.05) is 11.9 Å². The van der Waals surface area contributed by atoms with Gasteiger partial charge in [-0.05, 0) is 25.5 Å². The fourth-order valence-corrected chi connectivity index (χ4v) is 0.565. The zero-order valence-electron chi connectivity index (χ0n) is 7.15. The summed E-state index contributed by atoms with van der Waals surface area (Å²) in [6.45, 7) is 4.07. The summed E-state index contributed by atoms with van der Waals surface area (Å²) in [6, 6.07) is 4.00. The number of carbonyl (C=O) groups is 1. The molecule has 0 aliphatic rings. The monoisotopic (exact) mass is 188 g/mol. The van der Waals surface area contributed by atoms with Gasteiger partial charge in [0.1, 0.15) is 0 Å². The first-order chi connectivity index (χ1) is 5.22. The molecular weight excluding hydrogens is 176 g/mol. The number of aromatic nitrogens is 1. The van der Waals surface area contributed by atoms with Crippen molar-refractivity contribution in [3.05, 3.63) is 29.6 Å². The van der Waals surface area contributed by atoms with Crippen LogP contribution in [0.25, 0.3) is 0 Å². The summed E-state index contributed by atoms with van der Waals surface area (Å²) in [7, 11) is 0. The Hall–Kier alpha value is -1.09. The Balaban J connectivity index is 0. The minimum absolute atomic E-state index is 0. The third kappa shape index (κ3) is 5.68. The van der Waals surface area contributed by atoms with Gasteiger partial charge in [0.15, 0.2) is 0 Å². The first-order valence-corrected chi connectivity index (χ1v) is 3.26. The SMILES string of the molecule is Cc1cccnc1C.Cl.NC=O. The molecule has 1 heterocycles. The van der Waals surface area contributed by atoms with E-state index in [1.165, 1.54) is 5.56 Å². The average molecular weight is 189 g/mol.